The predicted octanol–water partition coefficient (Wildman–Crippen LogP) is 1.48. The van der Waals surface area contributed by atoms with Gasteiger partial charge in [0.2, 0.25) is 0 Å². The van der Waals surface area contributed by atoms with Crippen molar-refractivity contribution in [3.8, 4) is 11.5 Å². The van der Waals surface area contributed by atoms with Crippen molar-refractivity contribution in [2.45, 2.75) is 12.1 Å². The molecule has 6 nitrogen and oxygen atoms in total. The minimum Gasteiger partial charge on any atom is -0.493 e. The minimum atomic E-state index is -0.909. The van der Waals surface area contributed by atoms with Crippen LogP contribution in [0.4, 0.5) is 5.69 Å². The SMILES string of the molecule is C=C1CN2C(=O)c3cc(OC)c(OC)cc3N=C[C@]2(N)C1. The topological polar surface area (TPSA) is 77.2 Å². The van der Waals surface area contributed by atoms with Crippen LogP contribution < -0.4 is 15.2 Å². The van der Waals surface area contributed by atoms with E-state index in [1.54, 1.807) is 30.4 Å². The van der Waals surface area contributed by atoms with Crippen LogP contribution in [-0.4, -0.2) is 43.4 Å². The largest absolute Gasteiger partial charge is 0.493 e. The number of nitrogens with zero attached hydrogens (tertiary/aromatic N) is 2. The molecule has 0 aliphatic carbocycles. The molecule has 0 bridgehead atoms. The third-order valence-electron chi connectivity index (χ3n) is 3.82. The smallest absolute Gasteiger partial charge is 0.258 e. The molecule has 0 unspecified atom stereocenters. The van der Waals surface area contributed by atoms with Crippen LogP contribution in [0, 0.1) is 0 Å². The molecule has 0 radical (unpaired) electrons. The fourth-order valence-electron chi connectivity index (χ4n) is 2.77. The molecule has 1 atom stereocenters. The van der Waals surface area contributed by atoms with Crippen molar-refractivity contribution in [3.63, 3.8) is 0 Å². The van der Waals surface area contributed by atoms with Gasteiger partial charge < -0.3 is 20.1 Å². The number of hydrogen-bond acceptors (Lipinski definition) is 5. The van der Waals surface area contributed by atoms with E-state index in [9.17, 15) is 4.79 Å². The zero-order valence-corrected chi connectivity index (χ0v) is 12.0. The average molecular weight is 287 g/mol. The molecule has 2 aliphatic rings. The highest BCUT2D eigenvalue weighted by molar-refractivity contribution is 6.04. The fraction of sp³-hybridized carbons (Fsp3) is 0.333. The third kappa shape index (κ3) is 1.99. The van der Waals surface area contributed by atoms with Crippen molar-refractivity contribution >= 4 is 17.8 Å². The molecule has 1 amide bonds. The lowest BCUT2D eigenvalue weighted by Gasteiger charge is -2.29. The number of nitrogens with two attached hydrogens (primary N) is 1. The zero-order valence-electron chi connectivity index (χ0n) is 12.0. The summed E-state index contributed by atoms with van der Waals surface area (Å²) in [6.45, 7) is 4.37. The van der Waals surface area contributed by atoms with Gasteiger partial charge in [0, 0.05) is 25.2 Å². The summed E-state index contributed by atoms with van der Waals surface area (Å²) >= 11 is 0. The molecule has 2 aliphatic heterocycles. The van der Waals surface area contributed by atoms with E-state index in [0.29, 0.717) is 35.7 Å². The van der Waals surface area contributed by atoms with Gasteiger partial charge >= 0.3 is 0 Å². The Morgan fingerprint density at radius 2 is 2.00 bits per heavy atom. The van der Waals surface area contributed by atoms with Gasteiger partial charge in [-0.3, -0.25) is 9.79 Å². The van der Waals surface area contributed by atoms with Gasteiger partial charge in [-0.2, -0.15) is 0 Å². The molecule has 2 heterocycles. The maximum atomic E-state index is 12.8. The Hall–Kier alpha value is -2.34. The summed E-state index contributed by atoms with van der Waals surface area (Å²) in [4.78, 5) is 18.7. The molecule has 110 valence electrons. The van der Waals surface area contributed by atoms with Crippen LogP contribution in [0.15, 0.2) is 29.3 Å². The lowest BCUT2D eigenvalue weighted by molar-refractivity contribution is 0.0703. The van der Waals surface area contributed by atoms with E-state index < -0.39 is 5.66 Å². The lowest BCUT2D eigenvalue weighted by Crippen LogP contribution is -2.54. The zero-order chi connectivity index (χ0) is 15.2. The monoisotopic (exact) mass is 287 g/mol. The number of carbonyl (C=O) groups is 1. The molecule has 3 rings (SSSR count). The van der Waals surface area contributed by atoms with Crippen LogP contribution in [0.3, 0.4) is 0 Å². The molecule has 1 aromatic rings. The standard InChI is InChI=1S/C15H17N3O3/c1-9-6-15(16)8-17-11-5-13(21-3)12(20-2)4-10(11)14(19)18(15)7-9/h4-5,8H,1,6-7,16H2,2-3H3/t15-/m0/s1. The molecule has 6 heteroatoms. The summed E-state index contributed by atoms with van der Waals surface area (Å²) in [6, 6.07) is 3.32. The Balaban J connectivity index is 2.15. The maximum Gasteiger partial charge on any atom is 0.258 e. The van der Waals surface area contributed by atoms with Gasteiger partial charge in [0.1, 0.15) is 5.66 Å². The Kier molecular flexibility index (Phi) is 2.98. The van der Waals surface area contributed by atoms with Gasteiger partial charge in [-0.1, -0.05) is 12.2 Å². The number of rotatable bonds is 2. The van der Waals surface area contributed by atoms with Crippen molar-refractivity contribution in [2.24, 2.45) is 10.7 Å². The highest BCUT2D eigenvalue weighted by Gasteiger charge is 2.43. The fourth-order valence-corrected chi connectivity index (χ4v) is 2.77. The van der Waals surface area contributed by atoms with Crippen molar-refractivity contribution in [1.29, 1.82) is 0 Å². The van der Waals surface area contributed by atoms with E-state index in [4.69, 9.17) is 15.2 Å². The Bertz CT molecular complexity index is 668. The van der Waals surface area contributed by atoms with Crippen LogP contribution >= 0.6 is 0 Å². The Morgan fingerprint density at radius 3 is 2.67 bits per heavy atom. The van der Waals surface area contributed by atoms with Crippen LogP contribution in [0.25, 0.3) is 0 Å². The van der Waals surface area contributed by atoms with Crippen molar-refractivity contribution in [2.75, 3.05) is 20.8 Å². The lowest BCUT2D eigenvalue weighted by atomic mass is 10.1. The van der Waals surface area contributed by atoms with Crippen LogP contribution in [0.5, 0.6) is 11.5 Å². The van der Waals surface area contributed by atoms with E-state index in [2.05, 4.69) is 11.6 Å². The normalized spacial score (nSPS) is 23.7. The molecule has 2 N–H and O–H groups in total. The first-order valence-electron chi connectivity index (χ1n) is 6.57. The van der Waals surface area contributed by atoms with E-state index in [0.717, 1.165) is 5.57 Å². The molecular formula is C15H17N3O3. The van der Waals surface area contributed by atoms with E-state index in [1.165, 1.54) is 7.11 Å². The molecular weight excluding hydrogens is 270 g/mol. The summed E-state index contributed by atoms with van der Waals surface area (Å²) in [5.74, 6) is 0.839. The number of ether oxygens (including phenoxy) is 2. The summed E-state index contributed by atoms with van der Waals surface area (Å²) in [7, 11) is 3.07. The second kappa shape index (κ2) is 4.60. The minimum absolute atomic E-state index is 0.176. The number of fused-ring (bicyclic) bond motifs is 2. The summed E-state index contributed by atoms with van der Waals surface area (Å²) in [6.07, 6.45) is 2.13. The van der Waals surface area contributed by atoms with E-state index >= 15 is 0 Å². The number of hydrogen-bond donors (Lipinski definition) is 1. The van der Waals surface area contributed by atoms with Gasteiger partial charge in [0.05, 0.1) is 25.5 Å². The number of benzene rings is 1. The number of methoxy groups -OCH3 is 2. The van der Waals surface area contributed by atoms with Crippen LogP contribution in [0.2, 0.25) is 0 Å². The molecule has 0 saturated carbocycles. The van der Waals surface area contributed by atoms with Gasteiger partial charge in [-0.25, -0.2) is 0 Å². The maximum absolute atomic E-state index is 12.8. The first-order chi connectivity index (χ1) is 9.98. The van der Waals surface area contributed by atoms with Crippen molar-refractivity contribution in [3.05, 3.63) is 29.8 Å². The quantitative estimate of drug-likeness (QED) is 0.836. The highest BCUT2D eigenvalue weighted by atomic mass is 16.5. The van der Waals surface area contributed by atoms with Gasteiger partial charge in [-0.05, 0) is 6.07 Å². The summed E-state index contributed by atoms with van der Waals surface area (Å²) in [5, 5.41) is 0. The predicted molar refractivity (Wildman–Crippen MR) is 79.4 cm³/mol. The van der Waals surface area contributed by atoms with Gasteiger partial charge in [-0.15, -0.1) is 0 Å². The Morgan fingerprint density at radius 1 is 1.33 bits per heavy atom. The molecule has 1 saturated heterocycles. The molecule has 21 heavy (non-hydrogen) atoms. The van der Waals surface area contributed by atoms with Gasteiger partial charge in [0.15, 0.2) is 11.5 Å². The molecule has 1 aromatic carbocycles. The van der Waals surface area contributed by atoms with E-state index in [1.807, 2.05) is 0 Å². The van der Waals surface area contributed by atoms with Gasteiger partial charge in [0.25, 0.3) is 5.91 Å². The second-order valence-corrected chi connectivity index (χ2v) is 5.29. The van der Waals surface area contributed by atoms with Crippen molar-refractivity contribution < 1.29 is 14.3 Å². The first-order valence-corrected chi connectivity index (χ1v) is 6.57. The summed E-state index contributed by atoms with van der Waals surface area (Å²) < 4.78 is 10.5. The summed E-state index contributed by atoms with van der Waals surface area (Å²) in [5.41, 5.74) is 7.29. The number of aliphatic imine (C=N–C) groups is 1. The second-order valence-electron chi connectivity index (χ2n) is 5.29. The highest BCUT2D eigenvalue weighted by Crippen LogP contribution is 2.39. The van der Waals surface area contributed by atoms with Crippen molar-refractivity contribution in [1.82, 2.24) is 4.90 Å². The molecule has 0 spiro atoms. The average Bonchev–Trinajstić information content (AvgIpc) is 2.74. The van der Waals surface area contributed by atoms with Crippen LogP contribution in [0.1, 0.15) is 16.8 Å². The molecule has 0 aromatic heterocycles. The van der Waals surface area contributed by atoms with Crippen LogP contribution in [-0.2, 0) is 0 Å². The number of carbonyl (C=O) groups excluding carboxylic acids is 1. The van der Waals surface area contributed by atoms with E-state index in [-0.39, 0.29) is 5.91 Å². The molecule has 1 fully saturated rings. The first kappa shape index (κ1) is 13.6. The number of amides is 1. The Labute approximate surface area is 122 Å². The third-order valence-corrected chi connectivity index (χ3v) is 3.82.